The topological polar surface area (TPSA) is 95.0 Å². The van der Waals surface area contributed by atoms with Crippen LogP contribution in [0.3, 0.4) is 0 Å². The molecule has 2 atom stereocenters. The molecule has 1 N–H and O–H groups in total. The van der Waals surface area contributed by atoms with E-state index in [1.54, 1.807) is 0 Å². The van der Waals surface area contributed by atoms with Crippen molar-refractivity contribution in [2.24, 2.45) is 17.3 Å². The van der Waals surface area contributed by atoms with Gasteiger partial charge in [0.05, 0.1) is 6.54 Å². The maximum absolute atomic E-state index is 12.1. The van der Waals surface area contributed by atoms with Crippen LogP contribution in [0, 0.1) is 17.3 Å². The molecule has 1 aromatic heterocycles. The minimum absolute atomic E-state index is 0. The number of carboxylic acids is 1. The second-order valence-electron chi connectivity index (χ2n) is 6.27. The minimum atomic E-state index is -1.12. The van der Waals surface area contributed by atoms with Crippen molar-refractivity contribution >= 4 is 23.2 Å². The first-order valence-corrected chi connectivity index (χ1v) is 8.08. The van der Waals surface area contributed by atoms with Gasteiger partial charge in [-0.25, -0.2) is 0 Å². The van der Waals surface area contributed by atoms with E-state index in [2.05, 4.69) is 15.5 Å². The number of carboxylic acid groups (broad SMARTS) is 1. The van der Waals surface area contributed by atoms with Gasteiger partial charge in [0.2, 0.25) is 5.91 Å². The molecular formula is C14H18N3NaO3S. The molecule has 8 heteroatoms. The molecule has 3 rings (SSSR count). The molecule has 0 aromatic carbocycles. The van der Waals surface area contributed by atoms with E-state index < -0.39 is 17.3 Å². The largest absolute Gasteiger partial charge is 1.00 e. The zero-order valence-electron chi connectivity index (χ0n) is 13.1. The number of hydrogen-bond donors (Lipinski definition) is 1. The smallest absolute Gasteiger partial charge is 0.550 e. The predicted octanol–water partition coefficient (Wildman–Crippen LogP) is -2.55. The summed E-state index contributed by atoms with van der Waals surface area (Å²) in [5.41, 5.74) is -0.996. The van der Waals surface area contributed by atoms with Gasteiger partial charge in [-0.15, -0.1) is 10.2 Å². The van der Waals surface area contributed by atoms with E-state index in [1.807, 2.05) is 13.8 Å². The number of aliphatic carboxylic acids is 1. The average Bonchev–Trinajstić information content (AvgIpc) is 3.33. The van der Waals surface area contributed by atoms with Gasteiger partial charge in [-0.05, 0) is 25.2 Å². The van der Waals surface area contributed by atoms with Crippen molar-refractivity contribution < 1.29 is 44.3 Å². The van der Waals surface area contributed by atoms with E-state index in [0.717, 1.165) is 10.0 Å². The Balaban J connectivity index is 0.00000176. The summed E-state index contributed by atoms with van der Waals surface area (Å²) in [7, 11) is 0. The Labute approximate surface area is 155 Å². The third-order valence-electron chi connectivity index (χ3n) is 4.55. The molecule has 0 saturated heterocycles. The molecule has 1 heterocycles. The molecular weight excluding hydrogens is 313 g/mol. The Bertz CT molecular complexity index is 588. The van der Waals surface area contributed by atoms with Crippen LogP contribution in [0.4, 0.5) is 0 Å². The van der Waals surface area contributed by atoms with Gasteiger partial charge in [-0.3, -0.25) is 4.79 Å². The molecule has 0 spiro atoms. The molecule has 0 bridgehead atoms. The molecule has 1 aromatic rings. The summed E-state index contributed by atoms with van der Waals surface area (Å²) in [6, 6.07) is 0. The van der Waals surface area contributed by atoms with Crippen LogP contribution in [0.25, 0.3) is 0 Å². The summed E-state index contributed by atoms with van der Waals surface area (Å²) in [5.74, 6) is -1.39. The molecule has 114 valence electrons. The van der Waals surface area contributed by atoms with Gasteiger partial charge >= 0.3 is 29.6 Å². The zero-order valence-corrected chi connectivity index (χ0v) is 15.9. The first-order valence-electron chi connectivity index (χ1n) is 7.26. The van der Waals surface area contributed by atoms with E-state index in [-0.39, 0.29) is 41.4 Å². The summed E-state index contributed by atoms with van der Waals surface area (Å²) < 4.78 is 0. The number of amides is 1. The molecule has 2 saturated carbocycles. The van der Waals surface area contributed by atoms with E-state index in [0.29, 0.717) is 18.9 Å². The molecule has 22 heavy (non-hydrogen) atoms. The number of nitrogens with one attached hydrogen (secondary N) is 1. The van der Waals surface area contributed by atoms with Crippen molar-refractivity contribution in [3.05, 3.63) is 10.0 Å². The number of rotatable bonds is 6. The van der Waals surface area contributed by atoms with Gasteiger partial charge in [0.1, 0.15) is 10.0 Å². The fraction of sp³-hybridized carbons (Fsp3) is 0.714. The van der Waals surface area contributed by atoms with Crippen molar-refractivity contribution in [1.29, 1.82) is 0 Å². The van der Waals surface area contributed by atoms with Gasteiger partial charge < -0.3 is 15.2 Å². The Morgan fingerprint density at radius 1 is 1.41 bits per heavy atom. The number of nitrogens with zero attached hydrogens (tertiary/aromatic N) is 2. The summed E-state index contributed by atoms with van der Waals surface area (Å²) in [5, 5.41) is 24.1. The molecule has 2 aliphatic rings. The Morgan fingerprint density at radius 2 is 2.09 bits per heavy atom. The number of aromatic nitrogens is 2. The van der Waals surface area contributed by atoms with Crippen molar-refractivity contribution in [3.63, 3.8) is 0 Å². The van der Waals surface area contributed by atoms with Crippen LogP contribution in [-0.2, 0) is 16.1 Å². The third-order valence-corrected chi connectivity index (χ3v) is 5.64. The van der Waals surface area contributed by atoms with Gasteiger partial charge in [-0.1, -0.05) is 25.2 Å². The number of carbonyl (C=O) groups is 2. The normalized spacial score (nSPS) is 26.4. The fourth-order valence-corrected chi connectivity index (χ4v) is 3.78. The summed E-state index contributed by atoms with van der Waals surface area (Å²) >= 11 is 1.52. The van der Waals surface area contributed by atoms with Crippen LogP contribution in [0.5, 0.6) is 0 Å². The monoisotopic (exact) mass is 331 g/mol. The maximum atomic E-state index is 12.1. The predicted molar refractivity (Wildman–Crippen MR) is 74.1 cm³/mol. The van der Waals surface area contributed by atoms with Crippen LogP contribution in [0.2, 0.25) is 0 Å². The molecule has 2 fully saturated rings. The Kier molecular flexibility index (Phi) is 5.31. The van der Waals surface area contributed by atoms with Crippen LogP contribution >= 0.6 is 11.3 Å². The van der Waals surface area contributed by atoms with Gasteiger partial charge in [0.15, 0.2) is 0 Å². The average molecular weight is 331 g/mol. The third kappa shape index (κ3) is 3.22. The van der Waals surface area contributed by atoms with Crippen molar-refractivity contribution in [2.45, 2.75) is 45.6 Å². The molecule has 2 unspecified atom stereocenters. The summed E-state index contributed by atoms with van der Waals surface area (Å²) in [4.78, 5) is 23.4. The standard InChI is InChI=1S/C14H19N3O3S.Na/c1-7(2)14(13(19)20)5-9(14)11(18)15-6-10-16-17-12(21-10)8-3-4-8;/h7-9H,3-6H2,1-2H3,(H,15,18)(H,19,20);/q;+1/p-1. The van der Waals surface area contributed by atoms with Gasteiger partial charge in [0.25, 0.3) is 0 Å². The van der Waals surface area contributed by atoms with E-state index in [1.165, 1.54) is 24.2 Å². The number of hydrogen-bond acceptors (Lipinski definition) is 6. The summed E-state index contributed by atoms with van der Waals surface area (Å²) in [6.45, 7) is 3.95. The maximum Gasteiger partial charge on any atom is 1.00 e. The SMILES string of the molecule is CC(C)C1(C(=O)[O-])CC1C(=O)NCc1nnc(C2CC2)s1.[Na+]. The van der Waals surface area contributed by atoms with Crippen LogP contribution < -0.4 is 40.0 Å². The molecule has 1 amide bonds. The quantitative estimate of drug-likeness (QED) is 0.579. The Hall–Kier alpha value is -0.500. The minimum Gasteiger partial charge on any atom is -0.550 e. The van der Waals surface area contributed by atoms with Crippen LogP contribution in [0.15, 0.2) is 0 Å². The van der Waals surface area contributed by atoms with Crippen molar-refractivity contribution in [3.8, 4) is 0 Å². The Morgan fingerprint density at radius 3 is 2.59 bits per heavy atom. The first-order chi connectivity index (χ1) is 9.95. The second-order valence-corrected chi connectivity index (χ2v) is 7.36. The van der Waals surface area contributed by atoms with E-state index in [4.69, 9.17) is 0 Å². The van der Waals surface area contributed by atoms with Crippen LogP contribution in [0.1, 0.15) is 49.0 Å². The van der Waals surface area contributed by atoms with Crippen molar-refractivity contribution in [1.82, 2.24) is 15.5 Å². The van der Waals surface area contributed by atoms with Crippen molar-refractivity contribution in [2.75, 3.05) is 0 Å². The molecule has 6 nitrogen and oxygen atoms in total. The van der Waals surface area contributed by atoms with Gasteiger partial charge in [-0.2, -0.15) is 0 Å². The fourth-order valence-electron chi connectivity index (χ4n) is 2.82. The van der Waals surface area contributed by atoms with Gasteiger partial charge in [0, 0.05) is 23.2 Å². The van der Waals surface area contributed by atoms with E-state index >= 15 is 0 Å². The number of carbonyl (C=O) groups excluding carboxylic acids is 2. The first kappa shape index (κ1) is 17.8. The second kappa shape index (κ2) is 6.55. The van der Waals surface area contributed by atoms with E-state index in [9.17, 15) is 14.7 Å². The zero-order chi connectivity index (χ0) is 15.2. The van der Waals surface area contributed by atoms with Crippen LogP contribution in [-0.4, -0.2) is 22.1 Å². The molecule has 2 aliphatic carbocycles. The molecule has 0 aliphatic heterocycles. The molecule has 0 radical (unpaired) electrons. The summed E-state index contributed by atoms with van der Waals surface area (Å²) in [6.07, 6.45) is 2.71.